The summed E-state index contributed by atoms with van der Waals surface area (Å²) in [6.45, 7) is -1.39. The van der Waals surface area contributed by atoms with Crippen LogP contribution in [-0.4, -0.2) is 31.7 Å². The summed E-state index contributed by atoms with van der Waals surface area (Å²) in [7, 11) is 1.53. The predicted octanol–water partition coefficient (Wildman–Crippen LogP) is 2.05. The second kappa shape index (κ2) is 7.51. The van der Waals surface area contributed by atoms with Crippen LogP contribution >= 0.6 is 0 Å². The molecule has 0 saturated carbocycles. The molecule has 1 rings (SSSR count). The first-order chi connectivity index (χ1) is 9.80. The highest BCUT2D eigenvalue weighted by Crippen LogP contribution is 2.14. The minimum Gasteiger partial charge on any atom is -0.359 e. The molecule has 8 heteroatoms. The molecule has 0 aromatic heterocycles. The Hall–Kier alpha value is -2.25. The van der Waals surface area contributed by atoms with E-state index in [2.05, 4.69) is 10.6 Å². The van der Waals surface area contributed by atoms with Crippen LogP contribution in [0.15, 0.2) is 24.3 Å². The van der Waals surface area contributed by atoms with Crippen molar-refractivity contribution in [2.45, 2.75) is 19.0 Å². The number of halogens is 3. The lowest BCUT2D eigenvalue weighted by molar-refractivity contribution is -0.122. The fraction of sp³-hybridized carbons (Fsp3) is 0.385. The second-order valence-corrected chi connectivity index (χ2v) is 4.30. The number of anilines is 1. The fourth-order valence-electron chi connectivity index (χ4n) is 1.54. The molecule has 21 heavy (non-hydrogen) atoms. The molecule has 0 aliphatic carbocycles. The molecular formula is C13H16F3N3O2. The maximum Gasteiger partial charge on any atom is 0.405 e. The summed E-state index contributed by atoms with van der Waals surface area (Å²) in [5, 5.41) is 6.50. The molecule has 0 heterocycles. The first-order valence-electron chi connectivity index (χ1n) is 6.21. The van der Waals surface area contributed by atoms with Gasteiger partial charge in [0.15, 0.2) is 0 Å². The van der Waals surface area contributed by atoms with E-state index in [1.165, 1.54) is 7.05 Å². The van der Waals surface area contributed by atoms with Crippen molar-refractivity contribution in [3.63, 3.8) is 0 Å². The van der Waals surface area contributed by atoms with Crippen LogP contribution in [0.5, 0.6) is 0 Å². The average Bonchev–Trinajstić information content (AvgIpc) is 2.42. The van der Waals surface area contributed by atoms with Gasteiger partial charge in [-0.15, -0.1) is 0 Å². The van der Waals surface area contributed by atoms with E-state index >= 15 is 0 Å². The molecule has 1 aromatic carbocycles. The van der Waals surface area contributed by atoms with E-state index < -0.39 is 18.8 Å². The van der Waals surface area contributed by atoms with Gasteiger partial charge in [-0.05, 0) is 24.1 Å². The van der Waals surface area contributed by atoms with E-state index in [4.69, 9.17) is 0 Å². The summed E-state index contributed by atoms with van der Waals surface area (Å²) in [4.78, 5) is 22.4. The molecule has 5 nitrogen and oxygen atoms in total. The number of carbonyl (C=O) groups is 2. The lowest BCUT2D eigenvalue weighted by Gasteiger charge is -2.10. The number of alkyl halides is 3. The van der Waals surface area contributed by atoms with Crippen LogP contribution in [-0.2, 0) is 11.2 Å². The molecule has 0 fully saturated rings. The van der Waals surface area contributed by atoms with Gasteiger partial charge in [0.2, 0.25) is 5.91 Å². The standard InChI is InChI=1S/C13H16F3N3O2/c1-17-11(20)6-5-9-3-2-4-10(7-9)19-12(21)18-8-13(14,15)16/h2-4,7H,5-6,8H2,1H3,(H,17,20)(H2,18,19,21). The van der Waals surface area contributed by atoms with Crippen LogP contribution in [0.25, 0.3) is 0 Å². The number of urea groups is 1. The molecule has 0 saturated heterocycles. The Morgan fingerprint density at radius 1 is 1.24 bits per heavy atom. The van der Waals surface area contributed by atoms with Crippen LogP contribution in [0.3, 0.4) is 0 Å². The Balaban J connectivity index is 2.52. The molecule has 0 aliphatic rings. The van der Waals surface area contributed by atoms with Gasteiger partial charge in [-0.25, -0.2) is 4.79 Å². The summed E-state index contributed by atoms with van der Waals surface area (Å²) in [6.07, 6.45) is -3.69. The van der Waals surface area contributed by atoms with Gasteiger partial charge in [-0.2, -0.15) is 13.2 Å². The molecule has 3 N–H and O–H groups in total. The maximum absolute atomic E-state index is 11.9. The maximum atomic E-state index is 11.9. The Morgan fingerprint density at radius 2 is 1.95 bits per heavy atom. The van der Waals surface area contributed by atoms with Crippen LogP contribution in [0.2, 0.25) is 0 Å². The van der Waals surface area contributed by atoms with Crippen molar-refractivity contribution < 1.29 is 22.8 Å². The van der Waals surface area contributed by atoms with Crippen molar-refractivity contribution in [2.75, 3.05) is 18.9 Å². The molecule has 116 valence electrons. The summed E-state index contributed by atoms with van der Waals surface area (Å²) in [5.41, 5.74) is 1.16. The highest BCUT2D eigenvalue weighted by Gasteiger charge is 2.27. The van der Waals surface area contributed by atoms with Crippen LogP contribution in [0.1, 0.15) is 12.0 Å². The number of nitrogens with one attached hydrogen (secondary N) is 3. The lowest BCUT2D eigenvalue weighted by atomic mass is 10.1. The third kappa shape index (κ3) is 7.19. The molecule has 0 radical (unpaired) electrons. The minimum atomic E-state index is -4.45. The topological polar surface area (TPSA) is 70.2 Å². The zero-order valence-corrected chi connectivity index (χ0v) is 11.4. The molecule has 0 unspecified atom stereocenters. The largest absolute Gasteiger partial charge is 0.405 e. The highest BCUT2D eigenvalue weighted by molar-refractivity contribution is 5.89. The predicted molar refractivity (Wildman–Crippen MR) is 71.9 cm³/mol. The second-order valence-electron chi connectivity index (χ2n) is 4.30. The number of aryl methyl sites for hydroxylation is 1. The zero-order valence-electron chi connectivity index (χ0n) is 11.4. The Kier molecular flexibility index (Phi) is 6.01. The molecule has 0 aliphatic heterocycles. The third-order valence-electron chi connectivity index (χ3n) is 2.55. The van der Waals surface area contributed by atoms with E-state index in [0.29, 0.717) is 18.5 Å². The van der Waals surface area contributed by atoms with E-state index in [1.807, 2.05) is 0 Å². The summed E-state index contributed by atoms with van der Waals surface area (Å²) < 4.78 is 35.8. The average molecular weight is 303 g/mol. The summed E-state index contributed by atoms with van der Waals surface area (Å²) in [6, 6.07) is 5.64. The number of rotatable bonds is 5. The Morgan fingerprint density at radius 3 is 2.57 bits per heavy atom. The normalized spacial score (nSPS) is 10.9. The number of amides is 3. The van der Waals surface area contributed by atoms with Crippen molar-refractivity contribution in [3.8, 4) is 0 Å². The van der Waals surface area contributed by atoms with E-state index in [1.54, 1.807) is 29.6 Å². The van der Waals surface area contributed by atoms with Crippen molar-refractivity contribution in [3.05, 3.63) is 29.8 Å². The van der Waals surface area contributed by atoms with E-state index in [-0.39, 0.29) is 5.91 Å². The lowest BCUT2D eigenvalue weighted by Crippen LogP contribution is -2.36. The van der Waals surface area contributed by atoms with Crippen LogP contribution in [0, 0.1) is 0 Å². The van der Waals surface area contributed by atoms with Crippen molar-refractivity contribution >= 4 is 17.6 Å². The first-order valence-corrected chi connectivity index (χ1v) is 6.21. The highest BCUT2D eigenvalue weighted by atomic mass is 19.4. The molecule has 1 aromatic rings. The van der Waals surface area contributed by atoms with Gasteiger partial charge in [-0.3, -0.25) is 4.79 Å². The van der Waals surface area contributed by atoms with Gasteiger partial charge in [0.1, 0.15) is 6.54 Å². The number of hydrogen-bond donors (Lipinski definition) is 3. The van der Waals surface area contributed by atoms with Gasteiger partial charge in [0.25, 0.3) is 0 Å². The van der Waals surface area contributed by atoms with E-state index in [0.717, 1.165) is 5.56 Å². The zero-order chi connectivity index (χ0) is 15.9. The SMILES string of the molecule is CNC(=O)CCc1cccc(NC(=O)NCC(F)(F)F)c1. The first kappa shape index (κ1) is 16.8. The van der Waals surface area contributed by atoms with Crippen molar-refractivity contribution in [2.24, 2.45) is 0 Å². The monoisotopic (exact) mass is 303 g/mol. The van der Waals surface area contributed by atoms with E-state index in [9.17, 15) is 22.8 Å². The molecule has 3 amide bonds. The molecular weight excluding hydrogens is 287 g/mol. The Labute approximate surface area is 119 Å². The van der Waals surface area contributed by atoms with Crippen LogP contribution < -0.4 is 16.0 Å². The number of benzene rings is 1. The van der Waals surface area contributed by atoms with Gasteiger partial charge in [-0.1, -0.05) is 12.1 Å². The van der Waals surface area contributed by atoms with Gasteiger partial charge >= 0.3 is 12.2 Å². The Bertz CT molecular complexity index is 504. The molecule has 0 atom stereocenters. The number of hydrogen-bond acceptors (Lipinski definition) is 2. The smallest absolute Gasteiger partial charge is 0.359 e. The summed E-state index contributed by atoms with van der Waals surface area (Å²) in [5.74, 6) is -0.115. The van der Waals surface area contributed by atoms with Crippen molar-refractivity contribution in [1.82, 2.24) is 10.6 Å². The van der Waals surface area contributed by atoms with Crippen molar-refractivity contribution in [1.29, 1.82) is 0 Å². The van der Waals surface area contributed by atoms with Gasteiger partial charge in [0.05, 0.1) is 0 Å². The third-order valence-corrected chi connectivity index (χ3v) is 2.55. The molecule has 0 spiro atoms. The van der Waals surface area contributed by atoms with Gasteiger partial charge < -0.3 is 16.0 Å². The quantitative estimate of drug-likeness (QED) is 0.779. The van der Waals surface area contributed by atoms with Gasteiger partial charge in [0, 0.05) is 19.2 Å². The minimum absolute atomic E-state index is 0.115. The fourth-order valence-corrected chi connectivity index (χ4v) is 1.54. The summed E-state index contributed by atoms with van der Waals surface area (Å²) >= 11 is 0. The van der Waals surface area contributed by atoms with Crippen LogP contribution in [0.4, 0.5) is 23.7 Å². The number of carbonyl (C=O) groups excluding carboxylic acids is 2. The molecule has 0 bridgehead atoms.